The summed E-state index contributed by atoms with van der Waals surface area (Å²) in [6, 6.07) is 9.35. The van der Waals surface area contributed by atoms with Crippen LogP contribution in [-0.2, 0) is 84.0 Å². The summed E-state index contributed by atoms with van der Waals surface area (Å²) >= 11 is 0. The van der Waals surface area contributed by atoms with Crippen molar-refractivity contribution in [2.45, 2.75) is 164 Å². The first-order chi connectivity index (χ1) is 30.5. The topological polar surface area (TPSA) is 287 Å². The van der Waals surface area contributed by atoms with Crippen molar-refractivity contribution in [3.05, 3.63) is 43.3 Å². The number of ketones is 4. The average molecular weight is 1120 g/mol. The first kappa shape index (κ1) is 79.7. The third-order valence-corrected chi connectivity index (χ3v) is 14.5. The van der Waals surface area contributed by atoms with Gasteiger partial charge in [-0.15, -0.1) is 0 Å². The first-order valence-corrected chi connectivity index (χ1v) is 24.6. The number of aliphatic hydroxyl groups excluding tert-OH is 1. The molecule has 70 heavy (non-hydrogen) atoms. The second kappa shape index (κ2) is 37.4. The van der Waals surface area contributed by atoms with Gasteiger partial charge in [0.05, 0.1) is 19.8 Å². The summed E-state index contributed by atoms with van der Waals surface area (Å²) in [6.07, 6.45) is -0.625. The molecule has 4 N–H and O–H groups in total. The number of carbonyl (C=O) groups is 9. The monoisotopic (exact) mass is 1120 g/mol. The largest absolute Gasteiger partial charge is 0.478 e. The van der Waals surface area contributed by atoms with Crippen LogP contribution in [0.5, 0.6) is 0 Å². The Morgan fingerprint density at radius 2 is 1.01 bits per heavy atom. The Labute approximate surface area is 433 Å². The summed E-state index contributed by atoms with van der Waals surface area (Å²) in [5.74, 6) is -3.31. The van der Waals surface area contributed by atoms with Crippen molar-refractivity contribution in [1.29, 1.82) is 0 Å². The molecule has 1 rings (SSSR count). The number of Topliss-reactive ketones (excluding diaryl/α,β-unsaturated/α-hetero) is 4. The number of amides is 2. The molecule has 0 aliphatic heterocycles. The Morgan fingerprint density at radius 1 is 0.643 bits per heavy atom. The van der Waals surface area contributed by atoms with E-state index in [2.05, 4.69) is 38.6 Å². The number of carbonyl (C=O) groups excluding carboxylic acids is 8. The van der Waals surface area contributed by atoms with E-state index in [4.69, 9.17) is 34.0 Å². The number of nitrogens with zero attached hydrogens (tertiary/aromatic N) is 2. The maximum atomic E-state index is 12.1. The maximum absolute atomic E-state index is 12.1. The summed E-state index contributed by atoms with van der Waals surface area (Å²) in [5, 5.41) is 35.7. The number of aliphatic carboxylic acids is 1. The van der Waals surface area contributed by atoms with Crippen molar-refractivity contribution in [3.63, 3.8) is 0 Å². The fourth-order valence-corrected chi connectivity index (χ4v) is 4.00. The summed E-state index contributed by atoms with van der Waals surface area (Å²) in [7, 11) is 4.25. The van der Waals surface area contributed by atoms with Crippen LogP contribution in [-0.4, -0.2) is 162 Å². The van der Waals surface area contributed by atoms with Gasteiger partial charge in [0.15, 0.2) is 31.5 Å². The molecule has 1 aromatic rings. The second-order valence-corrected chi connectivity index (χ2v) is 22.8. The average Bonchev–Trinajstić information content (AvgIpc) is 3.22. The predicted molar refractivity (Wildman–Crippen MR) is 267 cm³/mol. The van der Waals surface area contributed by atoms with Crippen LogP contribution in [0.2, 0.25) is 18.1 Å². The van der Waals surface area contributed by atoms with E-state index in [1.165, 1.54) is 79.3 Å². The van der Waals surface area contributed by atoms with Gasteiger partial charge in [0.1, 0.15) is 17.8 Å². The zero-order valence-corrected chi connectivity index (χ0v) is 48.4. The van der Waals surface area contributed by atoms with Gasteiger partial charge in [0.2, 0.25) is 11.2 Å². The van der Waals surface area contributed by atoms with Gasteiger partial charge in [-0.3, -0.25) is 24.0 Å². The van der Waals surface area contributed by atoms with Gasteiger partial charge in [-0.25, -0.2) is 19.2 Å². The van der Waals surface area contributed by atoms with Gasteiger partial charge < -0.3 is 61.0 Å². The molecule has 0 saturated carbocycles. The molecule has 414 valence electrons. The third kappa shape index (κ3) is 36.5. The summed E-state index contributed by atoms with van der Waals surface area (Å²) in [4.78, 5) is 98.8. The van der Waals surface area contributed by atoms with Crippen molar-refractivity contribution in [1.82, 2.24) is 9.80 Å². The van der Waals surface area contributed by atoms with Gasteiger partial charge >= 0.3 is 30.1 Å². The molecule has 4 unspecified atom stereocenters. The molecule has 22 heteroatoms. The van der Waals surface area contributed by atoms with E-state index in [1.54, 1.807) is 41.8 Å². The van der Waals surface area contributed by atoms with Crippen LogP contribution in [0.1, 0.15) is 124 Å². The molecule has 1 aromatic carbocycles. The molecule has 0 aliphatic carbocycles. The van der Waals surface area contributed by atoms with E-state index < -0.39 is 67.2 Å². The normalized spacial score (nSPS) is 13.5. The van der Waals surface area contributed by atoms with Crippen LogP contribution >= 0.6 is 0 Å². The Kier molecular flexibility index (Phi) is 42.5. The second-order valence-electron chi connectivity index (χ2n) is 18.0. The van der Waals surface area contributed by atoms with Crippen LogP contribution < -0.4 is 0 Å². The van der Waals surface area contributed by atoms with E-state index in [9.17, 15) is 48.3 Å². The van der Waals surface area contributed by atoms with Gasteiger partial charge in [-0.05, 0) is 85.0 Å². The Morgan fingerprint density at radius 3 is 1.24 bits per heavy atom. The van der Waals surface area contributed by atoms with Crippen LogP contribution in [0, 0.1) is 7.43 Å². The number of rotatable bonds is 16. The fourth-order valence-electron chi connectivity index (χ4n) is 2.92. The Hall–Kier alpha value is -4.43. The molecule has 0 aliphatic rings. The summed E-state index contributed by atoms with van der Waals surface area (Å²) in [6.45, 7) is 28.2. The molecule has 0 bridgehead atoms. The number of esters is 2. The van der Waals surface area contributed by atoms with Crippen molar-refractivity contribution in [2.24, 2.45) is 0 Å². The van der Waals surface area contributed by atoms with Gasteiger partial charge in [-0.1, -0.05) is 65.0 Å². The Balaban J connectivity index is -0.000000117. The minimum Gasteiger partial charge on any atom is -0.478 e. The van der Waals surface area contributed by atoms with Crippen LogP contribution in [0.25, 0.3) is 0 Å². The van der Waals surface area contributed by atoms with E-state index >= 15 is 0 Å². The third-order valence-electron chi connectivity index (χ3n) is 9.99. The van der Waals surface area contributed by atoms with Gasteiger partial charge in [0, 0.05) is 70.8 Å². The van der Waals surface area contributed by atoms with Crippen LogP contribution in [0.3, 0.4) is 0 Å². The van der Waals surface area contributed by atoms with Crippen molar-refractivity contribution in [3.8, 4) is 0 Å². The molecular formula is C48H89N2O18PdSi-. The molecule has 20 nitrogen and oxygen atoms in total. The molecule has 0 fully saturated rings. The molecule has 0 aromatic heterocycles. The predicted octanol–water partition coefficient (Wildman–Crippen LogP) is 6.63. The van der Waals surface area contributed by atoms with Crippen molar-refractivity contribution in [2.75, 3.05) is 48.0 Å². The molecule has 4 atom stereocenters. The smallest absolute Gasteiger partial charge is 0.410 e. The van der Waals surface area contributed by atoms with Crippen LogP contribution in [0.15, 0.2) is 30.3 Å². The molecule has 0 heterocycles. The van der Waals surface area contributed by atoms with Crippen molar-refractivity contribution < 1.29 is 109 Å². The van der Waals surface area contributed by atoms with E-state index in [0.717, 1.165) is 5.56 Å². The minimum atomic E-state index is -1.87. The van der Waals surface area contributed by atoms with E-state index in [-0.39, 0.29) is 77.3 Å². The number of carboxylic acid groups (broad SMARTS) is 1. The fraction of sp³-hybridized carbons (Fsp3) is 0.667. The minimum absolute atomic E-state index is 0. The number of hydrogen-bond acceptors (Lipinski definition) is 17. The number of aliphatic hydroxyl groups is 3. The molecular weight excluding hydrogens is 1030 g/mol. The maximum Gasteiger partial charge on any atom is 0.410 e. The zero-order valence-electron chi connectivity index (χ0n) is 45.8. The van der Waals surface area contributed by atoms with E-state index in [0.29, 0.717) is 13.0 Å². The number of carboxylic acids is 1. The molecule has 0 radical (unpaired) electrons. The molecule has 2 amide bonds. The summed E-state index contributed by atoms with van der Waals surface area (Å²) < 4.78 is 25.4. The summed E-state index contributed by atoms with van der Waals surface area (Å²) in [5.41, 5.74) is -4.70. The van der Waals surface area contributed by atoms with Crippen LogP contribution in [0.4, 0.5) is 9.59 Å². The van der Waals surface area contributed by atoms with Crippen molar-refractivity contribution >= 4 is 61.5 Å². The standard InChI is InChI=1S/C15H21NO4.C11H24O3Si.C8H15NO4.C5H10O3.C4H8O2.C4H6O2.CH3.Pd.H2/c1-5-15(2,20-14(18)16(3)4)13(17)19-11-12-9-7-6-8-10-12;1-9(12)11(5,13)8-14-15(6,7)10(2,3)4;1-5-8(2,6(10)11)13-7(12)9(3)4;1-4(7)5(2,8)3-6;1-3-6-4(2)5;1-3(5)4(2)6;;;/h6-10H,5,11H2,1-4H3;13H,8H2,1-7H3;5H2,1-4H3,(H,10,11);6,8H,3H2,1-2H3;3H2,1-2H3;1-2H3;1H3;;1H/q;;;;;;-1;;. The Bertz CT molecular complexity index is 1740. The quantitative estimate of drug-likeness (QED) is 0.0444. The number of hydrogen-bond donors (Lipinski definition) is 4. The number of benzene rings is 1. The number of ether oxygens (including phenoxy) is 4. The zero-order chi connectivity index (χ0) is 55.2. The molecule has 0 saturated heterocycles. The first-order valence-electron chi connectivity index (χ1n) is 21.7. The van der Waals surface area contributed by atoms with E-state index in [1.807, 2.05) is 30.3 Å². The SMILES string of the molecule is CC(=O)C(C)(O)CO.CC(=O)C(C)(O)CO[Si](C)(C)C(C)(C)C.CC(=O)C(C)=O.CCC(C)(OC(=O)N(C)C)C(=O)O.CCC(C)(OC(=O)N(C)C)C(=O)OCc1ccccc1.CCOC(C)=O.[CH3-].[HH].[Pd]. The van der Waals surface area contributed by atoms with Gasteiger partial charge in [-0.2, -0.15) is 0 Å². The molecule has 0 spiro atoms. The van der Waals surface area contributed by atoms with Gasteiger partial charge in [0.25, 0.3) is 0 Å².